The zero-order valence-corrected chi connectivity index (χ0v) is 15.7. The second-order valence-electron chi connectivity index (χ2n) is 6.27. The van der Waals surface area contributed by atoms with E-state index >= 15 is 0 Å². The molecule has 28 heavy (non-hydrogen) atoms. The lowest BCUT2D eigenvalue weighted by atomic mass is 10.2. The van der Waals surface area contributed by atoms with Gasteiger partial charge >= 0.3 is 0 Å². The first kappa shape index (κ1) is 18.0. The SMILES string of the molecule is O=c1[nH]c(/C(Cl)=C/c2ccc(OCc3ccccc3)cc2)nc2ccccc12. The van der Waals surface area contributed by atoms with Gasteiger partial charge in [-0.1, -0.05) is 66.2 Å². The van der Waals surface area contributed by atoms with Crippen molar-refractivity contribution in [2.24, 2.45) is 0 Å². The number of H-pyrrole nitrogens is 1. The lowest BCUT2D eigenvalue weighted by molar-refractivity contribution is 0.306. The molecule has 0 fully saturated rings. The zero-order valence-electron chi connectivity index (χ0n) is 14.9. The molecule has 0 saturated carbocycles. The number of hydrogen-bond acceptors (Lipinski definition) is 3. The van der Waals surface area contributed by atoms with Crippen molar-refractivity contribution in [3.8, 4) is 5.75 Å². The Hall–Kier alpha value is -3.37. The number of para-hydroxylation sites is 1. The number of fused-ring (bicyclic) bond motifs is 1. The van der Waals surface area contributed by atoms with E-state index in [1.165, 1.54) is 0 Å². The van der Waals surface area contributed by atoms with E-state index < -0.39 is 0 Å². The fourth-order valence-electron chi connectivity index (χ4n) is 2.82. The van der Waals surface area contributed by atoms with Gasteiger partial charge in [-0.05, 0) is 41.5 Å². The number of halogens is 1. The topological polar surface area (TPSA) is 55.0 Å². The van der Waals surface area contributed by atoms with Crippen molar-refractivity contribution >= 4 is 33.6 Å². The summed E-state index contributed by atoms with van der Waals surface area (Å²) in [4.78, 5) is 19.4. The molecular weight excluding hydrogens is 372 g/mol. The monoisotopic (exact) mass is 388 g/mol. The van der Waals surface area contributed by atoms with E-state index in [1.807, 2.05) is 60.7 Å². The molecule has 1 N–H and O–H groups in total. The molecule has 0 spiro atoms. The van der Waals surface area contributed by atoms with Gasteiger partial charge in [0.05, 0.1) is 15.9 Å². The van der Waals surface area contributed by atoms with Crippen LogP contribution in [-0.2, 0) is 6.61 Å². The first-order chi connectivity index (χ1) is 13.7. The smallest absolute Gasteiger partial charge is 0.259 e. The van der Waals surface area contributed by atoms with Gasteiger partial charge in [-0.3, -0.25) is 4.79 Å². The molecular formula is C23H17ClN2O2. The summed E-state index contributed by atoms with van der Waals surface area (Å²) >= 11 is 6.39. The minimum atomic E-state index is -0.211. The van der Waals surface area contributed by atoms with Crippen molar-refractivity contribution in [2.45, 2.75) is 6.61 Å². The maximum atomic E-state index is 12.2. The van der Waals surface area contributed by atoms with Gasteiger partial charge in [-0.15, -0.1) is 0 Å². The summed E-state index contributed by atoms with van der Waals surface area (Å²) < 4.78 is 5.79. The molecule has 0 unspecified atom stereocenters. The molecule has 4 rings (SSSR count). The highest BCUT2D eigenvalue weighted by Crippen LogP contribution is 2.22. The number of rotatable bonds is 5. The van der Waals surface area contributed by atoms with Crippen LogP contribution in [0.1, 0.15) is 17.0 Å². The van der Waals surface area contributed by atoms with Gasteiger partial charge in [0, 0.05) is 0 Å². The minimum absolute atomic E-state index is 0.211. The summed E-state index contributed by atoms with van der Waals surface area (Å²) in [6.45, 7) is 0.513. The van der Waals surface area contributed by atoms with E-state index in [9.17, 15) is 4.79 Å². The van der Waals surface area contributed by atoms with Crippen LogP contribution in [0.2, 0.25) is 0 Å². The number of aromatic amines is 1. The predicted octanol–water partition coefficient (Wildman–Crippen LogP) is 5.24. The second kappa shape index (κ2) is 8.11. The third kappa shape index (κ3) is 4.13. The van der Waals surface area contributed by atoms with Gasteiger partial charge in [0.25, 0.3) is 5.56 Å². The number of benzene rings is 3. The van der Waals surface area contributed by atoms with Crippen molar-refractivity contribution in [1.82, 2.24) is 9.97 Å². The molecule has 0 saturated heterocycles. The van der Waals surface area contributed by atoms with Gasteiger partial charge in [0.2, 0.25) is 0 Å². The molecule has 0 radical (unpaired) electrons. The molecule has 138 valence electrons. The van der Waals surface area contributed by atoms with Crippen molar-refractivity contribution < 1.29 is 4.74 Å². The fourth-order valence-corrected chi connectivity index (χ4v) is 3.03. The van der Waals surface area contributed by atoms with Crippen LogP contribution in [0, 0.1) is 0 Å². The molecule has 1 aromatic heterocycles. The molecule has 0 bridgehead atoms. The molecule has 0 aliphatic heterocycles. The quantitative estimate of drug-likeness (QED) is 0.508. The summed E-state index contributed by atoms with van der Waals surface area (Å²) in [6.07, 6.45) is 1.76. The van der Waals surface area contributed by atoms with Crippen molar-refractivity contribution in [3.63, 3.8) is 0 Å². The molecule has 0 aliphatic rings. The summed E-state index contributed by atoms with van der Waals surface area (Å²) in [7, 11) is 0. The fraction of sp³-hybridized carbons (Fsp3) is 0.0435. The van der Waals surface area contributed by atoms with E-state index in [-0.39, 0.29) is 5.56 Å². The number of ether oxygens (including phenoxy) is 1. The minimum Gasteiger partial charge on any atom is -0.489 e. The maximum absolute atomic E-state index is 12.2. The van der Waals surface area contributed by atoms with E-state index in [4.69, 9.17) is 16.3 Å². The Morgan fingerprint density at radius 1 is 0.964 bits per heavy atom. The summed E-state index contributed by atoms with van der Waals surface area (Å²) in [5.74, 6) is 1.11. The average Bonchev–Trinajstić information content (AvgIpc) is 2.74. The normalized spacial score (nSPS) is 11.5. The zero-order chi connectivity index (χ0) is 19.3. The van der Waals surface area contributed by atoms with Gasteiger partial charge in [0.15, 0.2) is 5.82 Å². The standard InChI is InChI=1S/C23H17ClN2O2/c24-20(22-25-21-9-5-4-8-19(21)23(27)26-22)14-16-10-12-18(13-11-16)28-15-17-6-2-1-3-7-17/h1-14H,15H2,(H,25,26,27)/b20-14-. The third-order valence-electron chi connectivity index (χ3n) is 4.26. The molecule has 0 amide bonds. The first-order valence-electron chi connectivity index (χ1n) is 8.82. The van der Waals surface area contributed by atoms with Gasteiger partial charge in [-0.2, -0.15) is 0 Å². The van der Waals surface area contributed by atoms with Crippen LogP contribution in [0.3, 0.4) is 0 Å². The Bertz CT molecular complexity index is 1180. The maximum Gasteiger partial charge on any atom is 0.259 e. The Kier molecular flexibility index (Phi) is 5.22. The highest BCUT2D eigenvalue weighted by Gasteiger charge is 2.06. The van der Waals surface area contributed by atoms with Crippen LogP contribution in [0.4, 0.5) is 0 Å². The molecule has 4 aromatic rings. The van der Waals surface area contributed by atoms with E-state index in [0.717, 1.165) is 16.9 Å². The van der Waals surface area contributed by atoms with E-state index in [2.05, 4.69) is 9.97 Å². The first-order valence-corrected chi connectivity index (χ1v) is 9.20. The highest BCUT2D eigenvalue weighted by atomic mass is 35.5. The largest absolute Gasteiger partial charge is 0.489 e. The number of aromatic nitrogens is 2. The third-order valence-corrected chi connectivity index (χ3v) is 4.55. The second-order valence-corrected chi connectivity index (χ2v) is 6.67. The van der Waals surface area contributed by atoms with Crippen molar-refractivity contribution in [1.29, 1.82) is 0 Å². The summed E-state index contributed by atoms with van der Waals surface area (Å²) in [6, 6.07) is 24.7. The molecule has 0 aliphatic carbocycles. The van der Waals surface area contributed by atoms with Gasteiger partial charge < -0.3 is 9.72 Å². The van der Waals surface area contributed by atoms with Crippen LogP contribution < -0.4 is 10.3 Å². The molecule has 5 heteroatoms. The van der Waals surface area contributed by atoms with Crippen molar-refractivity contribution in [3.05, 3.63) is 106 Å². The Morgan fingerprint density at radius 2 is 1.68 bits per heavy atom. The van der Waals surface area contributed by atoms with Crippen LogP contribution in [-0.4, -0.2) is 9.97 Å². The Balaban J connectivity index is 1.51. The number of hydrogen-bond donors (Lipinski definition) is 1. The van der Waals surface area contributed by atoms with Crippen LogP contribution in [0.25, 0.3) is 22.0 Å². The van der Waals surface area contributed by atoms with E-state index in [1.54, 1.807) is 24.3 Å². The van der Waals surface area contributed by atoms with E-state index in [0.29, 0.717) is 28.4 Å². The molecule has 1 heterocycles. The van der Waals surface area contributed by atoms with Gasteiger partial charge in [-0.25, -0.2) is 4.98 Å². The molecule has 3 aromatic carbocycles. The van der Waals surface area contributed by atoms with Crippen LogP contribution in [0.5, 0.6) is 5.75 Å². The summed E-state index contributed by atoms with van der Waals surface area (Å²) in [5, 5.41) is 0.899. The Morgan fingerprint density at radius 3 is 2.46 bits per heavy atom. The Labute approximate surface area is 167 Å². The summed E-state index contributed by atoms with van der Waals surface area (Å²) in [5.41, 5.74) is 2.39. The highest BCUT2D eigenvalue weighted by molar-refractivity contribution is 6.50. The van der Waals surface area contributed by atoms with Crippen LogP contribution in [0.15, 0.2) is 83.7 Å². The van der Waals surface area contributed by atoms with Crippen LogP contribution >= 0.6 is 11.6 Å². The number of nitrogens with one attached hydrogen (secondary N) is 1. The van der Waals surface area contributed by atoms with Crippen molar-refractivity contribution in [2.75, 3.05) is 0 Å². The lowest BCUT2D eigenvalue weighted by Gasteiger charge is -2.07. The average molecular weight is 389 g/mol. The van der Waals surface area contributed by atoms with Gasteiger partial charge in [0.1, 0.15) is 12.4 Å². The predicted molar refractivity (Wildman–Crippen MR) is 113 cm³/mol. The molecule has 0 atom stereocenters. The molecule has 4 nitrogen and oxygen atoms in total. The lowest BCUT2D eigenvalue weighted by Crippen LogP contribution is -2.10. The number of nitrogens with zero attached hydrogens (tertiary/aromatic N) is 1.